The molecule has 196 valence electrons. The molecule has 0 saturated carbocycles. The number of thioether (sulfide) groups is 1. The number of carbonyl (C=O) groups excluding carboxylic acids is 3. The quantitative estimate of drug-likeness (QED) is 0.234. The van der Waals surface area contributed by atoms with Gasteiger partial charge in [-0.1, -0.05) is 39.3 Å². The summed E-state index contributed by atoms with van der Waals surface area (Å²) in [6.07, 6.45) is 7.22. The molecular formula is C27H42N2O5S. The zero-order valence-corrected chi connectivity index (χ0v) is 22.5. The predicted molar refractivity (Wildman–Crippen MR) is 139 cm³/mol. The highest BCUT2D eigenvalue weighted by Crippen LogP contribution is 2.67. The van der Waals surface area contributed by atoms with Crippen molar-refractivity contribution in [3.8, 4) is 0 Å². The van der Waals surface area contributed by atoms with E-state index in [2.05, 4.69) is 20.1 Å². The van der Waals surface area contributed by atoms with Crippen molar-refractivity contribution < 1.29 is 24.2 Å². The molecule has 7 nitrogen and oxygen atoms in total. The van der Waals surface area contributed by atoms with E-state index in [1.807, 2.05) is 25.7 Å². The van der Waals surface area contributed by atoms with E-state index in [1.54, 1.807) is 28.8 Å². The number of nitrogens with zero attached hydrogens (tertiary/aromatic N) is 2. The van der Waals surface area contributed by atoms with Crippen molar-refractivity contribution in [2.75, 3.05) is 19.8 Å². The molecule has 1 N–H and O–H groups in total. The Bertz CT molecular complexity index is 832. The van der Waals surface area contributed by atoms with Gasteiger partial charge in [-0.05, 0) is 38.5 Å². The number of carbonyl (C=O) groups is 3. The first-order valence-corrected chi connectivity index (χ1v) is 13.9. The molecular weight excluding hydrogens is 464 g/mol. The van der Waals surface area contributed by atoms with E-state index in [-0.39, 0.29) is 48.2 Å². The summed E-state index contributed by atoms with van der Waals surface area (Å²) >= 11 is 1.63. The summed E-state index contributed by atoms with van der Waals surface area (Å²) < 4.78 is 4.86. The monoisotopic (exact) mass is 506 g/mol. The number of aliphatic hydroxyl groups excluding tert-OH is 1. The van der Waals surface area contributed by atoms with Crippen LogP contribution in [0.1, 0.15) is 59.8 Å². The molecule has 8 heteroatoms. The maximum Gasteiger partial charge on any atom is 0.310 e. The minimum absolute atomic E-state index is 0.00667. The van der Waals surface area contributed by atoms with Gasteiger partial charge in [0.25, 0.3) is 0 Å². The van der Waals surface area contributed by atoms with Crippen molar-refractivity contribution in [2.45, 2.75) is 87.9 Å². The second-order valence-corrected chi connectivity index (χ2v) is 12.1. The Balaban J connectivity index is 2.06. The van der Waals surface area contributed by atoms with Crippen LogP contribution in [-0.2, 0) is 19.1 Å². The molecule has 3 heterocycles. The van der Waals surface area contributed by atoms with Gasteiger partial charge in [0.2, 0.25) is 11.8 Å². The molecule has 0 aromatic heterocycles. The molecule has 1 spiro atoms. The van der Waals surface area contributed by atoms with Gasteiger partial charge < -0.3 is 19.6 Å². The summed E-state index contributed by atoms with van der Waals surface area (Å²) in [5.74, 6) is -1.89. The van der Waals surface area contributed by atoms with Crippen molar-refractivity contribution in [1.82, 2.24) is 9.80 Å². The van der Waals surface area contributed by atoms with Gasteiger partial charge in [-0.2, -0.15) is 0 Å². The normalized spacial score (nSPS) is 30.8. The van der Waals surface area contributed by atoms with E-state index in [9.17, 15) is 19.5 Å². The van der Waals surface area contributed by atoms with Gasteiger partial charge >= 0.3 is 5.97 Å². The van der Waals surface area contributed by atoms with E-state index in [4.69, 9.17) is 4.74 Å². The average molecular weight is 507 g/mol. The number of rotatable bonds is 13. The van der Waals surface area contributed by atoms with Crippen molar-refractivity contribution in [3.63, 3.8) is 0 Å². The molecule has 3 fully saturated rings. The third-order valence-electron chi connectivity index (χ3n) is 7.97. The largest absolute Gasteiger partial charge is 0.465 e. The molecule has 0 aromatic rings. The third-order valence-corrected chi connectivity index (χ3v) is 9.92. The molecule has 3 rings (SSSR count). The molecule has 2 amide bonds. The van der Waals surface area contributed by atoms with Crippen LogP contribution < -0.4 is 0 Å². The predicted octanol–water partition coefficient (Wildman–Crippen LogP) is 3.42. The van der Waals surface area contributed by atoms with Gasteiger partial charge in [-0.25, -0.2) is 0 Å². The fraction of sp³-hybridized carbons (Fsp3) is 0.741. The molecule has 2 bridgehead atoms. The van der Waals surface area contributed by atoms with E-state index >= 15 is 0 Å². The lowest BCUT2D eigenvalue weighted by molar-refractivity contribution is -0.154. The Morgan fingerprint density at radius 1 is 1.31 bits per heavy atom. The minimum Gasteiger partial charge on any atom is -0.465 e. The van der Waals surface area contributed by atoms with Gasteiger partial charge in [-0.15, -0.1) is 24.9 Å². The highest BCUT2D eigenvalue weighted by atomic mass is 32.2. The van der Waals surface area contributed by atoms with Gasteiger partial charge in [-0.3, -0.25) is 14.4 Å². The van der Waals surface area contributed by atoms with Crippen molar-refractivity contribution in [3.05, 3.63) is 25.3 Å². The molecule has 3 aliphatic rings. The van der Waals surface area contributed by atoms with Crippen LogP contribution in [0.5, 0.6) is 0 Å². The number of aliphatic hydroxyl groups is 1. The first kappa shape index (κ1) is 27.8. The number of hydrogen-bond donors (Lipinski definition) is 1. The lowest BCUT2D eigenvalue weighted by Gasteiger charge is -2.42. The van der Waals surface area contributed by atoms with Crippen molar-refractivity contribution >= 4 is 29.5 Å². The molecule has 3 aliphatic heterocycles. The molecule has 0 aliphatic carbocycles. The summed E-state index contributed by atoms with van der Waals surface area (Å²) in [4.78, 5) is 45.1. The maximum absolute atomic E-state index is 14.3. The average Bonchev–Trinajstić information content (AvgIpc) is 3.45. The Hall–Kier alpha value is -1.80. The second kappa shape index (κ2) is 11.5. The highest BCUT2D eigenvalue weighted by molar-refractivity contribution is 8.02. The highest BCUT2D eigenvalue weighted by Gasteiger charge is 2.75. The zero-order chi connectivity index (χ0) is 25.9. The lowest BCUT2D eigenvalue weighted by Crippen LogP contribution is -2.59. The first-order valence-electron chi connectivity index (χ1n) is 13.0. The summed E-state index contributed by atoms with van der Waals surface area (Å²) in [6, 6.07) is -1.23. The second-order valence-electron chi connectivity index (χ2n) is 10.5. The number of ether oxygens (including phenoxy) is 1. The number of likely N-dealkylation sites (tertiary alicyclic amines) is 1. The van der Waals surface area contributed by atoms with Crippen molar-refractivity contribution in [2.24, 2.45) is 17.8 Å². The van der Waals surface area contributed by atoms with Gasteiger partial charge in [0.05, 0.1) is 35.8 Å². The molecule has 35 heavy (non-hydrogen) atoms. The molecule has 0 radical (unpaired) electrons. The Morgan fingerprint density at radius 3 is 2.60 bits per heavy atom. The minimum atomic E-state index is -0.722. The van der Waals surface area contributed by atoms with Crippen LogP contribution in [0.25, 0.3) is 0 Å². The number of esters is 1. The molecule has 3 unspecified atom stereocenters. The topological polar surface area (TPSA) is 87.2 Å². The summed E-state index contributed by atoms with van der Waals surface area (Å²) in [5, 5.41) is 10.3. The molecule has 7 atom stereocenters. The van der Waals surface area contributed by atoms with E-state index in [0.29, 0.717) is 19.4 Å². The zero-order valence-electron chi connectivity index (χ0n) is 21.7. The van der Waals surface area contributed by atoms with Crippen molar-refractivity contribution in [1.29, 1.82) is 0 Å². The number of hydrogen-bond acceptors (Lipinski definition) is 6. The van der Waals surface area contributed by atoms with Crippen LogP contribution in [0.4, 0.5) is 0 Å². The standard InChI is InChI=1S/C27H42N2O5S/c1-7-10-15-34-26(33)21-20-12-13-27(35-20)22(21)24(31)29(19(16-30)17(4)5)23(27)25(32)28(14-9-3)18(6)11-8-2/h7,9,17-23,30H,1,3,8,10-16H2,2,4-6H3/t18?,19-,20-,21+,22-,23?,27?/m0/s1. The van der Waals surface area contributed by atoms with E-state index in [0.717, 1.165) is 19.3 Å². The Kier molecular flexibility index (Phi) is 9.13. The van der Waals surface area contributed by atoms with Gasteiger partial charge in [0.1, 0.15) is 6.04 Å². The number of amides is 2. The summed E-state index contributed by atoms with van der Waals surface area (Å²) in [6.45, 7) is 16.0. The van der Waals surface area contributed by atoms with Crippen LogP contribution >= 0.6 is 11.8 Å². The van der Waals surface area contributed by atoms with Crippen LogP contribution in [0.2, 0.25) is 0 Å². The van der Waals surface area contributed by atoms with Gasteiger partial charge in [0, 0.05) is 17.8 Å². The number of fused-ring (bicyclic) bond motifs is 1. The van der Waals surface area contributed by atoms with Crippen LogP contribution in [0.3, 0.4) is 0 Å². The van der Waals surface area contributed by atoms with E-state index in [1.165, 1.54) is 0 Å². The lowest BCUT2D eigenvalue weighted by atomic mass is 9.71. The fourth-order valence-electron chi connectivity index (χ4n) is 6.31. The SMILES string of the molecule is C=CCCOC(=O)[C@@H]1[C@@H]2CCC3(S2)C(C(=O)N(CC=C)C(C)CCC)N([C@@H](CO)C(C)C)C(=O)[C@H]13. The van der Waals surface area contributed by atoms with Crippen LogP contribution in [-0.4, -0.2) is 80.6 Å². The van der Waals surface area contributed by atoms with E-state index < -0.39 is 28.7 Å². The first-order chi connectivity index (χ1) is 16.7. The smallest absolute Gasteiger partial charge is 0.310 e. The third kappa shape index (κ3) is 4.80. The summed E-state index contributed by atoms with van der Waals surface area (Å²) in [7, 11) is 0. The fourth-order valence-corrected chi connectivity index (χ4v) is 8.50. The maximum atomic E-state index is 14.3. The van der Waals surface area contributed by atoms with Gasteiger partial charge in [0.15, 0.2) is 0 Å². The molecule has 0 aromatic carbocycles. The van der Waals surface area contributed by atoms with Crippen LogP contribution in [0, 0.1) is 17.8 Å². The summed E-state index contributed by atoms with van der Waals surface area (Å²) in [5.41, 5.74) is 0. The van der Waals surface area contributed by atoms with Crippen LogP contribution in [0.15, 0.2) is 25.3 Å². The Labute approximate surface area is 214 Å². The Morgan fingerprint density at radius 2 is 2.03 bits per heavy atom. The molecule has 3 saturated heterocycles.